The number of rotatable bonds is 3. The molecule has 1 aromatic heterocycles. The Morgan fingerprint density at radius 3 is 2.79 bits per heavy atom. The summed E-state index contributed by atoms with van der Waals surface area (Å²) in [7, 11) is 0. The van der Waals surface area contributed by atoms with Gasteiger partial charge in [-0.3, -0.25) is 9.78 Å². The molecule has 0 aliphatic carbocycles. The summed E-state index contributed by atoms with van der Waals surface area (Å²) in [5.41, 5.74) is 0.319. The summed E-state index contributed by atoms with van der Waals surface area (Å²) in [6, 6.07) is 3.17. The van der Waals surface area contributed by atoms with E-state index in [2.05, 4.69) is 14.5 Å². The first kappa shape index (κ1) is 10.2. The molecule has 74 valence electrons. The summed E-state index contributed by atoms with van der Waals surface area (Å²) >= 11 is 0. The summed E-state index contributed by atoms with van der Waals surface area (Å²) in [5.74, 6) is -1.07. The Kier molecular flexibility index (Phi) is 3.60. The number of carbonyl (C=O) groups excluding carboxylic acids is 2. The first-order valence-electron chi connectivity index (χ1n) is 3.90. The predicted molar refractivity (Wildman–Crippen MR) is 46.3 cm³/mol. The molecule has 0 aliphatic rings. The van der Waals surface area contributed by atoms with Crippen LogP contribution in [0.4, 0.5) is 0 Å². The van der Waals surface area contributed by atoms with E-state index in [1.54, 1.807) is 18.3 Å². The number of nitrogens with zero attached hydrogens (tertiary/aromatic N) is 1. The molecule has 0 saturated carbocycles. The number of hydrogen-bond acceptors (Lipinski definition) is 5. The molecule has 5 heteroatoms. The Hall–Kier alpha value is -1.91. The maximum absolute atomic E-state index is 11.2. The first-order chi connectivity index (χ1) is 6.70. The van der Waals surface area contributed by atoms with Crippen LogP contribution in [0.5, 0.6) is 0 Å². The topological polar surface area (TPSA) is 65.5 Å². The first-order valence-corrected chi connectivity index (χ1v) is 3.90. The highest BCUT2D eigenvalue weighted by molar-refractivity contribution is 5.88. The van der Waals surface area contributed by atoms with Gasteiger partial charge in [0.1, 0.15) is 0 Å². The van der Waals surface area contributed by atoms with Crippen molar-refractivity contribution < 1.29 is 19.1 Å². The fourth-order valence-electron chi connectivity index (χ4n) is 0.733. The number of ether oxygens (including phenoxy) is 2. The second-order valence-electron chi connectivity index (χ2n) is 2.43. The predicted octanol–water partition coefficient (Wildman–Crippen LogP) is 0.759. The lowest BCUT2D eigenvalue weighted by molar-refractivity contribution is -0.149. The zero-order valence-corrected chi connectivity index (χ0v) is 7.60. The third kappa shape index (κ3) is 3.22. The summed E-state index contributed by atoms with van der Waals surface area (Å²) in [4.78, 5) is 25.2. The van der Waals surface area contributed by atoms with Gasteiger partial charge in [0, 0.05) is 19.3 Å². The Morgan fingerprint density at radius 1 is 1.43 bits per heavy atom. The highest BCUT2D eigenvalue weighted by atomic mass is 16.7. The molecule has 1 aromatic rings. The smallest absolute Gasteiger partial charge is 0.342 e. The molecular weight excluding hydrogens is 186 g/mol. The molecule has 5 nitrogen and oxygen atoms in total. The molecular formula is C9H9NO4. The van der Waals surface area contributed by atoms with Gasteiger partial charge in [0.2, 0.25) is 6.79 Å². The molecule has 0 aliphatic heterocycles. The van der Waals surface area contributed by atoms with Gasteiger partial charge in [-0.2, -0.15) is 0 Å². The third-order valence-corrected chi connectivity index (χ3v) is 1.35. The average Bonchev–Trinajstić information content (AvgIpc) is 2.18. The molecule has 0 fully saturated rings. The van der Waals surface area contributed by atoms with Crippen molar-refractivity contribution in [2.24, 2.45) is 0 Å². The van der Waals surface area contributed by atoms with Crippen LogP contribution in [0.15, 0.2) is 24.5 Å². The molecule has 0 amide bonds. The quantitative estimate of drug-likeness (QED) is 0.526. The van der Waals surface area contributed by atoms with Crippen LogP contribution in [-0.2, 0) is 14.3 Å². The van der Waals surface area contributed by atoms with Crippen LogP contribution in [0, 0.1) is 0 Å². The lowest BCUT2D eigenvalue weighted by Gasteiger charge is -2.03. The van der Waals surface area contributed by atoms with E-state index in [4.69, 9.17) is 0 Å². The molecule has 0 bridgehead atoms. The SMILES string of the molecule is CC(=O)OCOC(=O)c1cccnc1. The van der Waals surface area contributed by atoms with Crippen LogP contribution >= 0.6 is 0 Å². The molecule has 0 radical (unpaired) electrons. The highest BCUT2D eigenvalue weighted by Gasteiger charge is 2.06. The van der Waals surface area contributed by atoms with Gasteiger partial charge in [0.05, 0.1) is 5.56 Å². The van der Waals surface area contributed by atoms with Crippen molar-refractivity contribution in [2.45, 2.75) is 6.92 Å². The molecule has 0 unspecified atom stereocenters. The molecule has 0 N–H and O–H groups in total. The minimum Gasteiger partial charge on any atom is -0.428 e. The maximum atomic E-state index is 11.2. The molecule has 0 saturated heterocycles. The van der Waals surface area contributed by atoms with Gasteiger partial charge in [-0.1, -0.05) is 0 Å². The lowest BCUT2D eigenvalue weighted by atomic mass is 10.3. The minimum atomic E-state index is -0.570. The molecule has 1 heterocycles. The normalized spacial score (nSPS) is 9.21. The number of carbonyl (C=O) groups is 2. The lowest BCUT2D eigenvalue weighted by Crippen LogP contribution is -2.11. The Bertz CT molecular complexity index is 323. The van der Waals surface area contributed by atoms with E-state index in [1.165, 1.54) is 13.1 Å². The van der Waals surface area contributed by atoms with Crippen LogP contribution in [0.25, 0.3) is 0 Å². The molecule has 1 rings (SSSR count). The second kappa shape index (κ2) is 4.96. The number of aromatic nitrogens is 1. The van der Waals surface area contributed by atoms with Gasteiger partial charge in [0.25, 0.3) is 0 Å². The standard InChI is InChI=1S/C9H9NO4/c1-7(11)13-6-14-9(12)8-3-2-4-10-5-8/h2-5H,6H2,1H3. The van der Waals surface area contributed by atoms with Gasteiger partial charge < -0.3 is 9.47 Å². The van der Waals surface area contributed by atoms with Crippen LogP contribution in [0.3, 0.4) is 0 Å². The summed E-state index contributed by atoms with van der Waals surface area (Å²) in [6.45, 7) is 0.862. The Labute approximate surface area is 80.7 Å². The van der Waals surface area contributed by atoms with Crippen LogP contribution in [0.1, 0.15) is 17.3 Å². The summed E-state index contributed by atoms with van der Waals surface area (Å²) < 4.78 is 9.05. The van der Waals surface area contributed by atoms with Crippen molar-refractivity contribution in [2.75, 3.05) is 6.79 Å². The van der Waals surface area contributed by atoms with E-state index in [0.717, 1.165) is 0 Å². The molecule has 0 atom stereocenters. The third-order valence-electron chi connectivity index (χ3n) is 1.35. The Balaban J connectivity index is 2.40. The van der Waals surface area contributed by atoms with Crippen molar-refractivity contribution in [3.05, 3.63) is 30.1 Å². The molecule has 0 aromatic carbocycles. The number of pyridine rings is 1. The zero-order valence-electron chi connectivity index (χ0n) is 7.60. The molecule has 0 spiro atoms. The fraction of sp³-hybridized carbons (Fsp3) is 0.222. The Morgan fingerprint density at radius 2 is 2.21 bits per heavy atom. The number of hydrogen-bond donors (Lipinski definition) is 0. The summed E-state index contributed by atoms with van der Waals surface area (Å²) in [6.07, 6.45) is 2.92. The van der Waals surface area contributed by atoms with Gasteiger partial charge in [-0.05, 0) is 12.1 Å². The number of esters is 2. The fourth-order valence-corrected chi connectivity index (χ4v) is 0.733. The van der Waals surface area contributed by atoms with Crippen molar-refractivity contribution in [1.29, 1.82) is 0 Å². The van der Waals surface area contributed by atoms with Gasteiger partial charge in [-0.25, -0.2) is 4.79 Å². The van der Waals surface area contributed by atoms with Crippen molar-refractivity contribution in [3.8, 4) is 0 Å². The van der Waals surface area contributed by atoms with Gasteiger partial charge in [0.15, 0.2) is 0 Å². The van der Waals surface area contributed by atoms with E-state index in [0.29, 0.717) is 5.56 Å². The van der Waals surface area contributed by atoms with Crippen LogP contribution in [-0.4, -0.2) is 23.7 Å². The van der Waals surface area contributed by atoms with E-state index in [-0.39, 0.29) is 6.79 Å². The van der Waals surface area contributed by atoms with E-state index in [9.17, 15) is 9.59 Å². The monoisotopic (exact) mass is 195 g/mol. The second-order valence-corrected chi connectivity index (χ2v) is 2.43. The van der Waals surface area contributed by atoms with Gasteiger partial charge >= 0.3 is 11.9 Å². The van der Waals surface area contributed by atoms with Crippen molar-refractivity contribution >= 4 is 11.9 Å². The van der Waals surface area contributed by atoms with Crippen LogP contribution in [0.2, 0.25) is 0 Å². The minimum absolute atomic E-state index is 0.319. The summed E-state index contributed by atoms with van der Waals surface area (Å²) in [5, 5.41) is 0. The van der Waals surface area contributed by atoms with Gasteiger partial charge in [-0.15, -0.1) is 0 Å². The van der Waals surface area contributed by atoms with E-state index in [1.807, 2.05) is 0 Å². The van der Waals surface area contributed by atoms with Crippen molar-refractivity contribution in [1.82, 2.24) is 4.98 Å². The average molecular weight is 195 g/mol. The zero-order chi connectivity index (χ0) is 10.4. The van der Waals surface area contributed by atoms with Crippen molar-refractivity contribution in [3.63, 3.8) is 0 Å². The molecule has 14 heavy (non-hydrogen) atoms. The largest absolute Gasteiger partial charge is 0.428 e. The highest BCUT2D eigenvalue weighted by Crippen LogP contribution is 1.98. The van der Waals surface area contributed by atoms with E-state index >= 15 is 0 Å². The maximum Gasteiger partial charge on any atom is 0.342 e. The van der Waals surface area contributed by atoms with E-state index < -0.39 is 11.9 Å². The van der Waals surface area contributed by atoms with Crippen LogP contribution < -0.4 is 0 Å².